The average Bonchev–Trinajstić information content (AvgIpc) is 3.13. The lowest BCUT2D eigenvalue weighted by Crippen LogP contribution is -2.34. The third kappa shape index (κ3) is 7.93. The molecule has 0 unspecified atom stereocenters. The molecule has 0 spiro atoms. The lowest BCUT2D eigenvalue weighted by atomic mass is 10.1. The molecule has 0 amide bonds. The Morgan fingerprint density at radius 2 is 1.24 bits per heavy atom. The fourth-order valence-corrected chi connectivity index (χ4v) is 5.53. The van der Waals surface area contributed by atoms with E-state index >= 15 is 0 Å². The fraction of sp³-hybridized carbons (Fsp3) is 0.150. The molecule has 0 heterocycles. The number of aryl methyl sites for hydroxylation is 1. The largest absolute Gasteiger partial charge is 0.369 e. The predicted molar refractivity (Wildman–Crippen MR) is 199 cm³/mol. The zero-order chi connectivity index (χ0) is 36.8. The van der Waals surface area contributed by atoms with Gasteiger partial charge in [0.05, 0.1) is 17.1 Å². The van der Waals surface area contributed by atoms with Crippen LogP contribution in [-0.2, 0) is 12.8 Å². The van der Waals surface area contributed by atoms with E-state index in [1.807, 2.05) is 19.1 Å². The van der Waals surface area contributed by atoms with Gasteiger partial charge in [0.2, 0.25) is 11.9 Å². The number of benzene rings is 6. The number of hydrogen-bond acceptors (Lipinski definition) is 2. The first kappa shape index (κ1) is 36.3. The van der Waals surface area contributed by atoms with E-state index in [0.717, 1.165) is 11.1 Å². The molecule has 0 aliphatic rings. The summed E-state index contributed by atoms with van der Waals surface area (Å²) in [6.07, 6.45) is 0.812. The minimum atomic E-state index is -0.669. The molecule has 4 N–H and O–H groups in total. The highest BCUT2D eigenvalue weighted by molar-refractivity contribution is 6.01. The maximum atomic E-state index is 14.5. The van der Waals surface area contributed by atoms with Crippen molar-refractivity contribution in [3.8, 4) is 0 Å². The van der Waals surface area contributed by atoms with Gasteiger partial charge in [0.1, 0.15) is 23.3 Å². The summed E-state index contributed by atoms with van der Waals surface area (Å²) in [5.41, 5.74) is 14.7. The van der Waals surface area contributed by atoms with Gasteiger partial charge in [0.15, 0.2) is 5.82 Å². The molecule has 0 atom stereocenters. The summed E-state index contributed by atoms with van der Waals surface area (Å²) in [5, 5.41) is 2.59. The number of aliphatic imine (C=N–C) groups is 2. The van der Waals surface area contributed by atoms with Gasteiger partial charge in [-0.2, -0.15) is 0 Å². The zero-order valence-electron chi connectivity index (χ0n) is 28.6. The molecule has 0 saturated heterocycles. The Labute approximate surface area is 293 Å². The number of halogens is 5. The van der Waals surface area contributed by atoms with Crippen molar-refractivity contribution < 1.29 is 22.0 Å². The fourth-order valence-electron chi connectivity index (χ4n) is 5.53. The molecule has 6 aromatic carbocycles. The van der Waals surface area contributed by atoms with Crippen molar-refractivity contribution in [1.82, 2.24) is 0 Å². The number of nitrogens with two attached hydrogens (primary N) is 2. The minimum absolute atomic E-state index is 0.00520. The van der Waals surface area contributed by atoms with Crippen LogP contribution in [0.1, 0.15) is 25.0 Å². The van der Waals surface area contributed by atoms with Crippen molar-refractivity contribution >= 4 is 56.2 Å². The lowest BCUT2D eigenvalue weighted by molar-refractivity contribution is 0.559. The Morgan fingerprint density at radius 3 is 1.94 bits per heavy atom. The van der Waals surface area contributed by atoms with Gasteiger partial charge in [-0.05, 0) is 84.5 Å². The molecule has 0 saturated carbocycles. The van der Waals surface area contributed by atoms with E-state index in [2.05, 4.69) is 9.98 Å². The SMILES string of the molecule is CCc1c(F)ccc(N(C)C(N)=Nc2ccc(F)c3ccccc23)c1F.CCc1cc(N(C)C(N)=Nc2cccc3ccc(F)cc23)ccc1F. The van der Waals surface area contributed by atoms with Gasteiger partial charge in [0.25, 0.3) is 0 Å². The molecule has 262 valence electrons. The Hall–Kier alpha value is -5.97. The standard InChI is InChI=1S/C20H18F3N3.C20H19F2N3/c1-3-12-15(21)9-11-18(19(12)23)26(2)20(24)25-17-10-8-16(22)13-6-4-5-7-14(13)17;1-3-13-11-16(9-10-18(13)22)25(2)20(23)24-19-6-4-5-14-7-8-15(21)12-17(14)19/h4-11H,3H2,1-2H3,(H2,24,25);4-12H,3H2,1-2H3,(H2,23,24). The second-order valence-electron chi connectivity index (χ2n) is 11.7. The first-order valence-corrected chi connectivity index (χ1v) is 16.2. The van der Waals surface area contributed by atoms with Crippen molar-refractivity contribution in [3.05, 3.63) is 143 Å². The molecular weight excluding hydrogens is 659 g/mol. The Balaban J connectivity index is 0.000000198. The van der Waals surface area contributed by atoms with E-state index in [4.69, 9.17) is 11.5 Å². The van der Waals surface area contributed by atoms with Crippen LogP contribution in [0.2, 0.25) is 0 Å². The van der Waals surface area contributed by atoms with Crippen LogP contribution in [0.3, 0.4) is 0 Å². The van der Waals surface area contributed by atoms with Gasteiger partial charge < -0.3 is 21.3 Å². The van der Waals surface area contributed by atoms with E-state index in [0.29, 0.717) is 39.5 Å². The molecular formula is C40H37F5N6. The normalized spacial score (nSPS) is 11.8. The highest BCUT2D eigenvalue weighted by atomic mass is 19.1. The van der Waals surface area contributed by atoms with Gasteiger partial charge in [0, 0.05) is 41.5 Å². The number of nitrogens with zero attached hydrogens (tertiary/aromatic N) is 4. The van der Waals surface area contributed by atoms with E-state index in [1.165, 1.54) is 47.4 Å². The van der Waals surface area contributed by atoms with Crippen molar-refractivity contribution in [1.29, 1.82) is 0 Å². The van der Waals surface area contributed by atoms with Crippen LogP contribution in [-0.4, -0.2) is 26.0 Å². The number of fused-ring (bicyclic) bond motifs is 2. The van der Waals surface area contributed by atoms with Crippen molar-refractivity contribution in [2.24, 2.45) is 21.5 Å². The Morgan fingerprint density at radius 1 is 0.588 bits per heavy atom. The molecule has 0 fully saturated rings. The van der Waals surface area contributed by atoms with Gasteiger partial charge >= 0.3 is 0 Å². The van der Waals surface area contributed by atoms with Crippen LogP contribution >= 0.6 is 0 Å². The van der Waals surface area contributed by atoms with Crippen LogP contribution in [0, 0.1) is 29.1 Å². The van der Waals surface area contributed by atoms with Crippen molar-refractivity contribution in [2.75, 3.05) is 23.9 Å². The van der Waals surface area contributed by atoms with Gasteiger partial charge in [-0.3, -0.25) is 0 Å². The molecule has 6 rings (SSSR count). The van der Waals surface area contributed by atoms with E-state index in [-0.39, 0.29) is 47.0 Å². The number of anilines is 2. The lowest BCUT2D eigenvalue weighted by Gasteiger charge is -2.20. The number of guanidine groups is 2. The molecule has 0 bridgehead atoms. The maximum absolute atomic E-state index is 14.5. The maximum Gasteiger partial charge on any atom is 0.200 e. The Bertz CT molecular complexity index is 2270. The molecule has 0 aliphatic carbocycles. The summed E-state index contributed by atoms with van der Waals surface area (Å²) < 4.78 is 69.4. The predicted octanol–water partition coefficient (Wildman–Crippen LogP) is 9.67. The molecule has 0 radical (unpaired) electrons. The van der Waals surface area contributed by atoms with Crippen LogP contribution in [0.5, 0.6) is 0 Å². The average molecular weight is 697 g/mol. The van der Waals surface area contributed by atoms with E-state index in [9.17, 15) is 22.0 Å². The van der Waals surface area contributed by atoms with Crippen LogP contribution in [0.15, 0.2) is 113 Å². The van der Waals surface area contributed by atoms with Crippen molar-refractivity contribution in [2.45, 2.75) is 26.7 Å². The summed E-state index contributed by atoms with van der Waals surface area (Å²) in [6.45, 7) is 3.57. The topological polar surface area (TPSA) is 83.2 Å². The van der Waals surface area contributed by atoms with Gasteiger partial charge in [-0.25, -0.2) is 31.9 Å². The van der Waals surface area contributed by atoms with Crippen LogP contribution < -0.4 is 21.3 Å². The minimum Gasteiger partial charge on any atom is -0.369 e. The first-order chi connectivity index (χ1) is 24.4. The van der Waals surface area contributed by atoms with Gasteiger partial charge in [-0.1, -0.05) is 56.3 Å². The molecule has 6 aromatic rings. The summed E-state index contributed by atoms with van der Waals surface area (Å²) in [6, 6.07) is 27.1. The van der Waals surface area contributed by atoms with E-state index in [1.54, 1.807) is 74.4 Å². The van der Waals surface area contributed by atoms with Crippen LogP contribution in [0.25, 0.3) is 21.5 Å². The molecule has 6 nitrogen and oxygen atoms in total. The third-order valence-corrected chi connectivity index (χ3v) is 8.50. The summed E-state index contributed by atoms with van der Waals surface area (Å²) in [5.74, 6) is -1.93. The third-order valence-electron chi connectivity index (χ3n) is 8.50. The second-order valence-corrected chi connectivity index (χ2v) is 11.7. The molecule has 0 aromatic heterocycles. The highest BCUT2D eigenvalue weighted by Crippen LogP contribution is 2.30. The van der Waals surface area contributed by atoms with Crippen molar-refractivity contribution in [3.63, 3.8) is 0 Å². The first-order valence-electron chi connectivity index (χ1n) is 16.2. The molecule has 51 heavy (non-hydrogen) atoms. The summed E-state index contributed by atoms with van der Waals surface area (Å²) in [7, 11) is 3.30. The second kappa shape index (κ2) is 15.7. The number of rotatable bonds is 6. The van der Waals surface area contributed by atoms with Gasteiger partial charge in [-0.15, -0.1) is 0 Å². The smallest absolute Gasteiger partial charge is 0.200 e. The molecule has 11 heteroatoms. The van der Waals surface area contributed by atoms with E-state index < -0.39 is 11.6 Å². The Kier molecular flexibility index (Phi) is 11.2. The highest BCUT2D eigenvalue weighted by Gasteiger charge is 2.17. The number of hydrogen-bond donors (Lipinski definition) is 2. The molecule has 0 aliphatic heterocycles. The quantitative estimate of drug-likeness (QED) is 0.103. The summed E-state index contributed by atoms with van der Waals surface area (Å²) >= 11 is 0. The zero-order valence-corrected chi connectivity index (χ0v) is 28.6. The van der Waals surface area contributed by atoms with Crippen LogP contribution in [0.4, 0.5) is 44.7 Å². The monoisotopic (exact) mass is 696 g/mol. The summed E-state index contributed by atoms with van der Waals surface area (Å²) in [4.78, 5) is 11.8.